The first kappa shape index (κ1) is 15.9. The average Bonchev–Trinajstić information content (AvgIpc) is 2.53. The molecule has 0 aliphatic carbocycles. The maximum absolute atomic E-state index is 11.7. The second-order valence-corrected chi connectivity index (χ2v) is 5.34. The molecule has 0 bridgehead atoms. The van der Waals surface area contributed by atoms with Crippen molar-refractivity contribution in [1.82, 2.24) is 10.2 Å². The van der Waals surface area contributed by atoms with Gasteiger partial charge in [0.25, 0.3) is 0 Å². The second-order valence-electron chi connectivity index (χ2n) is 5.34. The number of hydrogen-bond acceptors (Lipinski definition) is 5. The number of benzene rings is 1. The van der Waals surface area contributed by atoms with Crippen LogP contribution in [-0.4, -0.2) is 56.9 Å². The van der Waals surface area contributed by atoms with Crippen LogP contribution in [0, 0.1) is 0 Å². The van der Waals surface area contributed by atoms with Gasteiger partial charge in [-0.1, -0.05) is 18.2 Å². The van der Waals surface area contributed by atoms with Crippen molar-refractivity contribution in [2.45, 2.75) is 19.5 Å². The first-order valence-corrected chi connectivity index (χ1v) is 7.40. The Labute approximate surface area is 126 Å². The lowest BCUT2D eigenvalue weighted by atomic mass is 10.1. The van der Waals surface area contributed by atoms with Crippen molar-refractivity contribution in [3.8, 4) is 0 Å². The molecule has 5 nitrogen and oxygen atoms in total. The predicted octanol–water partition coefficient (Wildman–Crippen LogP) is 1.28. The molecule has 1 heterocycles. The molecule has 21 heavy (non-hydrogen) atoms. The number of ether oxygens (including phenoxy) is 2. The van der Waals surface area contributed by atoms with Gasteiger partial charge < -0.3 is 14.8 Å². The summed E-state index contributed by atoms with van der Waals surface area (Å²) >= 11 is 0. The number of nitrogens with zero attached hydrogens (tertiary/aromatic N) is 1. The van der Waals surface area contributed by atoms with E-state index in [1.54, 1.807) is 6.07 Å². The second kappa shape index (κ2) is 8.12. The van der Waals surface area contributed by atoms with Gasteiger partial charge in [-0.25, -0.2) is 4.79 Å². The molecule has 1 unspecified atom stereocenters. The number of rotatable bonds is 6. The Hall–Kier alpha value is -1.43. The van der Waals surface area contributed by atoms with Gasteiger partial charge in [-0.05, 0) is 18.6 Å². The maximum Gasteiger partial charge on any atom is 0.338 e. The van der Waals surface area contributed by atoms with Gasteiger partial charge in [-0.3, -0.25) is 4.90 Å². The summed E-state index contributed by atoms with van der Waals surface area (Å²) in [6.45, 7) is 7.43. The van der Waals surface area contributed by atoms with E-state index in [1.165, 1.54) is 7.11 Å². The van der Waals surface area contributed by atoms with Crippen molar-refractivity contribution in [3.05, 3.63) is 35.4 Å². The van der Waals surface area contributed by atoms with Gasteiger partial charge in [-0.15, -0.1) is 0 Å². The molecular formula is C16H24N2O3. The van der Waals surface area contributed by atoms with Crippen LogP contribution in [0.3, 0.4) is 0 Å². The van der Waals surface area contributed by atoms with Crippen LogP contribution in [-0.2, 0) is 16.0 Å². The molecule has 1 fully saturated rings. The smallest absolute Gasteiger partial charge is 0.338 e. The molecule has 0 radical (unpaired) electrons. The lowest BCUT2D eigenvalue weighted by Crippen LogP contribution is -2.44. The SMILES string of the molecule is COC(=O)c1ccccc1CNC(C)CN1CCOCC1. The highest BCUT2D eigenvalue weighted by molar-refractivity contribution is 5.90. The molecule has 1 N–H and O–H groups in total. The van der Waals surface area contributed by atoms with E-state index in [9.17, 15) is 4.79 Å². The van der Waals surface area contributed by atoms with Crippen molar-refractivity contribution in [2.75, 3.05) is 40.0 Å². The third-order valence-electron chi connectivity index (χ3n) is 3.70. The summed E-state index contributed by atoms with van der Waals surface area (Å²) in [5, 5.41) is 3.48. The van der Waals surface area contributed by atoms with Crippen LogP contribution in [0.15, 0.2) is 24.3 Å². The van der Waals surface area contributed by atoms with E-state index >= 15 is 0 Å². The lowest BCUT2D eigenvalue weighted by molar-refractivity contribution is 0.0343. The molecule has 0 aromatic heterocycles. The number of methoxy groups -OCH3 is 1. The van der Waals surface area contributed by atoms with Crippen LogP contribution >= 0.6 is 0 Å². The fraction of sp³-hybridized carbons (Fsp3) is 0.562. The molecule has 0 saturated carbocycles. The molecule has 0 amide bonds. The van der Waals surface area contributed by atoms with E-state index < -0.39 is 0 Å². The van der Waals surface area contributed by atoms with Crippen molar-refractivity contribution in [2.24, 2.45) is 0 Å². The first-order chi connectivity index (χ1) is 10.2. The molecule has 1 aromatic rings. The molecule has 1 saturated heterocycles. The molecule has 5 heteroatoms. The number of nitrogens with one attached hydrogen (secondary N) is 1. The van der Waals surface area contributed by atoms with Gasteiger partial charge in [0.2, 0.25) is 0 Å². The highest BCUT2D eigenvalue weighted by Crippen LogP contribution is 2.10. The summed E-state index contributed by atoms with van der Waals surface area (Å²) in [6, 6.07) is 7.91. The number of esters is 1. The van der Waals surface area contributed by atoms with Gasteiger partial charge >= 0.3 is 5.97 Å². The van der Waals surface area contributed by atoms with E-state index in [0.29, 0.717) is 18.2 Å². The minimum absolute atomic E-state index is 0.284. The topological polar surface area (TPSA) is 50.8 Å². The Kier molecular flexibility index (Phi) is 6.17. The normalized spacial score (nSPS) is 17.4. The van der Waals surface area contributed by atoms with Gasteiger partial charge in [0.1, 0.15) is 0 Å². The quantitative estimate of drug-likeness (QED) is 0.801. The molecule has 2 rings (SSSR count). The van der Waals surface area contributed by atoms with Crippen molar-refractivity contribution < 1.29 is 14.3 Å². The summed E-state index contributed by atoms with van der Waals surface area (Å²) < 4.78 is 10.2. The number of morpholine rings is 1. The van der Waals surface area contributed by atoms with Crippen LogP contribution < -0.4 is 5.32 Å². The highest BCUT2D eigenvalue weighted by atomic mass is 16.5. The van der Waals surface area contributed by atoms with E-state index in [0.717, 1.165) is 38.4 Å². The van der Waals surface area contributed by atoms with E-state index in [-0.39, 0.29) is 5.97 Å². The fourth-order valence-electron chi connectivity index (χ4n) is 2.50. The largest absolute Gasteiger partial charge is 0.465 e. The number of carbonyl (C=O) groups excluding carboxylic acids is 1. The molecule has 1 aliphatic heterocycles. The van der Waals surface area contributed by atoms with Crippen LogP contribution in [0.25, 0.3) is 0 Å². The Morgan fingerprint density at radius 1 is 1.38 bits per heavy atom. The van der Waals surface area contributed by atoms with Gasteiger partial charge in [0.05, 0.1) is 25.9 Å². The third-order valence-corrected chi connectivity index (χ3v) is 3.70. The van der Waals surface area contributed by atoms with E-state index in [1.807, 2.05) is 18.2 Å². The minimum Gasteiger partial charge on any atom is -0.465 e. The number of carbonyl (C=O) groups is 1. The minimum atomic E-state index is -0.284. The fourth-order valence-corrected chi connectivity index (χ4v) is 2.50. The van der Waals surface area contributed by atoms with E-state index in [4.69, 9.17) is 9.47 Å². The lowest BCUT2D eigenvalue weighted by Gasteiger charge is -2.29. The van der Waals surface area contributed by atoms with Crippen molar-refractivity contribution in [1.29, 1.82) is 0 Å². The summed E-state index contributed by atoms with van der Waals surface area (Å²) in [6.07, 6.45) is 0. The zero-order chi connectivity index (χ0) is 15.1. The van der Waals surface area contributed by atoms with E-state index in [2.05, 4.69) is 17.1 Å². The van der Waals surface area contributed by atoms with Crippen LogP contribution in [0.1, 0.15) is 22.8 Å². The molecule has 1 atom stereocenters. The van der Waals surface area contributed by atoms with Gasteiger partial charge in [0.15, 0.2) is 0 Å². The van der Waals surface area contributed by atoms with Gasteiger partial charge in [-0.2, -0.15) is 0 Å². The first-order valence-electron chi connectivity index (χ1n) is 7.40. The summed E-state index contributed by atoms with van der Waals surface area (Å²) in [5.74, 6) is -0.284. The zero-order valence-electron chi connectivity index (χ0n) is 12.8. The summed E-state index contributed by atoms with van der Waals surface area (Å²) in [5.41, 5.74) is 1.60. The van der Waals surface area contributed by atoms with Gasteiger partial charge in [0, 0.05) is 32.2 Å². The zero-order valence-corrected chi connectivity index (χ0v) is 12.8. The Morgan fingerprint density at radius 3 is 2.81 bits per heavy atom. The molecule has 1 aromatic carbocycles. The highest BCUT2D eigenvalue weighted by Gasteiger charge is 2.15. The Balaban J connectivity index is 1.86. The van der Waals surface area contributed by atoms with Crippen molar-refractivity contribution in [3.63, 3.8) is 0 Å². The molecule has 1 aliphatic rings. The number of hydrogen-bond donors (Lipinski definition) is 1. The standard InChI is InChI=1S/C16H24N2O3/c1-13(12-18-7-9-21-10-8-18)17-11-14-5-3-4-6-15(14)16(19)20-2/h3-6,13,17H,7-12H2,1-2H3. The predicted molar refractivity (Wildman–Crippen MR) is 81.3 cm³/mol. The monoisotopic (exact) mass is 292 g/mol. The molecular weight excluding hydrogens is 268 g/mol. The van der Waals surface area contributed by atoms with Crippen LogP contribution in [0.4, 0.5) is 0 Å². The van der Waals surface area contributed by atoms with Crippen LogP contribution in [0.2, 0.25) is 0 Å². The summed E-state index contributed by atoms with van der Waals surface area (Å²) in [4.78, 5) is 14.1. The molecule has 116 valence electrons. The molecule has 0 spiro atoms. The third kappa shape index (κ3) is 4.81. The maximum atomic E-state index is 11.7. The Bertz CT molecular complexity index is 459. The van der Waals surface area contributed by atoms with Crippen LogP contribution in [0.5, 0.6) is 0 Å². The Morgan fingerprint density at radius 2 is 2.10 bits per heavy atom. The average molecular weight is 292 g/mol. The summed E-state index contributed by atoms with van der Waals surface area (Å²) in [7, 11) is 1.41. The van der Waals surface area contributed by atoms with Crippen molar-refractivity contribution >= 4 is 5.97 Å².